The first kappa shape index (κ1) is 27.3. The van der Waals surface area contributed by atoms with E-state index in [9.17, 15) is 14.7 Å². The third-order valence-electron chi connectivity index (χ3n) is 5.65. The van der Waals surface area contributed by atoms with E-state index < -0.39 is 35.7 Å². The van der Waals surface area contributed by atoms with E-state index in [2.05, 4.69) is 25.7 Å². The molecule has 3 aromatic heterocycles. The molecule has 3 aromatic rings. The molecule has 3 heterocycles. The molecule has 194 valence electrons. The maximum Gasteiger partial charge on any atom is 0.407 e. The molecule has 0 bridgehead atoms. The molecule has 0 aliphatic rings. The number of rotatable bonds is 11. The van der Waals surface area contributed by atoms with Gasteiger partial charge in [0.1, 0.15) is 6.10 Å². The van der Waals surface area contributed by atoms with Crippen LogP contribution in [0.15, 0.2) is 48.4 Å². The number of carbonyl (C=O) groups excluding carboxylic acids is 2. The summed E-state index contributed by atoms with van der Waals surface area (Å²) in [6, 6.07) is 4.85. The standard InChI is InChI=1S/C25H34N6O4S/c1-5-6-9-19(21(32)22(33)29-23-27-12-14-36-23)28-24(34)35-20(25(2,3)4)16-31-13-10-18(30-31)17-8-7-11-26-15-17/h7-8,10-15,19-21,32H,5-6,9,16H2,1-4H3,(H,28,34)(H,27,29,33)/t19-,20+,21+/m0/s1. The smallest absolute Gasteiger partial charge is 0.407 e. The fraction of sp³-hybridized carbons (Fsp3) is 0.480. The average molecular weight is 515 g/mol. The zero-order valence-corrected chi connectivity index (χ0v) is 21.9. The predicted octanol–water partition coefficient (Wildman–Crippen LogP) is 4.10. The van der Waals surface area contributed by atoms with Crippen LogP contribution in [0.2, 0.25) is 0 Å². The number of alkyl carbamates (subject to hydrolysis) is 1. The summed E-state index contributed by atoms with van der Waals surface area (Å²) in [5.74, 6) is -0.627. The van der Waals surface area contributed by atoms with Crippen molar-refractivity contribution in [3.63, 3.8) is 0 Å². The maximum absolute atomic E-state index is 12.9. The topological polar surface area (TPSA) is 131 Å². The Morgan fingerprint density at radius 1 is 1.25 bits per heavy atom. The lowest BCUT2D eigenvalue weighted by Gasteiger charge is -2.31. The summed E-state index contributed by atoms with van der Waals surface area (Å²) >= 11 is 1.25. The summed E-state index contributed by atoms with van der Waals surface area (Å²) in [6.45, 7) is 8.25. The van der Waals surface area contributed by atoms with E-state index in [1.54, 1.807) is 28.7 Å². The monoisotopic (exact) mass is 514 g/mol. The van der Waals surface area contributed by atoms with Crippen LogP contribution in [0.4, 0.5) is 9.93 Å². The van der Waals surface area contributed by atoms with Crippen molar-refractivity contribution in [1.29, 1.82) is 0 Å². The zero-order valence-electron chi connectivity index (χ0n) is 21.0. The number of unbranched alkanes of at least 4 members (excludes halogenated alkanes) is 1. The number of hydrogen-bond acceptors (Lipinski definition) is 8. The van der Waals surface area contributed by atoms with Crippen molar-refractivity contribution < 1.29 is 19.4 Å². The highest BCUT2D eigenvalue weighted by Gasteiger charge is 2.32. The molecular weight excluding hydrogens is 480 g/mol. The van der Waals surface area contributed by atoms with Crippen molar-refractivity contribution in [3.8, 4) is 11.3 Å². The van der Waals surface area contributed by atoms with Crippen molar-refractivity contribution in [3.05, 3.63) is 48.4 Å². The predicted molar refractivity (Wildman–Crippen MR) is 138 cm³/mol. The van der Waals surface area contributed by atoms with Crippen LogP contribution in [0, 0.1) is 5.41 Å². The Kier molecular flexibility index (Phi) is 9.54. The molecule has 0 aromatic carbocycles. The molecule has 0 spiro atoms. The number of nitrogens with one attached hydrogen (secondary N) is 2. The second-order valence-electron chi connectivity index (χ2n) is 9.59. The SMILES string of the molecule is CCCC[C@H](NC(=O)O[C@H](Cn1ccc(-c2cccnc2)n1)C(C)(C)C)[C@@H](O)C(=O)Nc1nccs1. The van der Waals surface area contributed by atoms with Gasteiger partial charge in [-0.2, -0.15) is 5.10 Å². The Morgan fingerprint density at radius 2 is 2.06 bits per heavy atom. The molecule has 0 aliphatic carbocycles. The van der Waals surface area contributed by atoms with E-state index in [0.717, 1.165) is 24.1 Å². The molecule has 0 unspecified atom stereocenters. The first-order valence-corrected chi connectivity index (χ1v) is 12.8. The minimum atomic E-state index is -1.45. The Balaban J connectivity index is 1.66. The van der Waals surface area contributed by atoms with Gasteiger partial charge in [-0.15, -0.1) is 11.3 Å². The molecule has 0 saturated heterocycles. The van der Waals surface area contributed by atoms with Gasteiger partial charge in [-0.3, -0.25) is 19.8 Å². The van der Waals surface area contributed by atoms with Gasteiger partial charge in [0.15, 0.2) is 11.2 Å². The first-order valence-electron chi connectivity index (χ1n) is 12.0. The minimum Gasteiger partial charge on any atom is -0.444 e. The van der Waals surface area contributed by atoms with E-state index >= 15 is 0 Å². The summed E-state index contributed by atoms with van der Waals surface area (Å²) in [4.78, 5) is 33.6. The Labute approximate surface area is 215 Å². The summed E-state index contributed by atoms with van der Waals surface area (Å²) < 4.78 is 7.54. The highest BCUT2D eigenvalue weighted by molar-refractivity contribution is 7.13. The molecule has 0 saturated carbocycles. The molecule has 0 radical (unpaired) electrons. The third-order valence-corrected chi connectivity index (χ3v) is 6.34. The molecule has 3 rings (SSSR count). The molecular formula is C25H34N6O4S. The highest BCUT2D eigenvalue weighted by atomic mass is 32.1. The maximum atomic E-state index is 12.9. The number of pyridine rings is 1. The lowest BCUT2D eigenvalue weighted by Crippen LogP contribution is -2.50. The second-order valence-corrected chi connectivity index (χ2v) is 10.5. The van der Waals surface area contributed by atoms with Crippen molar-refractivity contribution >= 4 is 28.5 Å². The fourth-order valence-electron chi connectivity index (χ4n) is 3.48. The minimum absolute atomic E-state index is 0.337. The number of carbonyl (C=O) groups is 2. The van der Waals surface area contributed by atoms with E-state index in [-0.39, 0.29) is 0 Å². The number of aliphatic hydroxyl groups is 1. The van der Waals surface area contributed by atoms with Gasteiger partial charge >= 0.3 is 6.09 Å². The van der Waals surface area contributed by atoms with Crippen LogP contribution in [0.25, 0.3) is 11.3 Å². The van der Waals surface area contributed by atoms with Gasteiger partial charge in [0.2, 0.25) is 0 Å². The number of aromatic nitrogens is 4. The fourth-order valence-corrected chi connectivity index (χ4v) is 4.02. The Bertz CT molecular complexity index is 1100. The van der Waals surface area contributed by atoms with Crippen LogP contribution in [0.3, 0.4) is 0 Å². The van der Waals surface area contributed by atoms with Gasteiger partial charge in [0.05, 0.1) is 18.3 Å². The first-order chi connectivity index (χ1) is 17.2. The van der Waals surface area contributed by atoms with E-state index in [1.807, 2.05) is 52.1 Å². The van der Waals surface area contributed by atoms with Crippen LogP contribution >= 0.6 is 11.3 Å². The largest absolute Gasteiger partial charge is 0.444 e. The Hall–Kier alpha value is -3.31. The summed E-state index contributed by atoms with van der Waals surface area (Å²) in [7, 11) is 0. The number of anilines is 1. The number of ether oxygens (including phenoxy) is 1. The lowest BCUT2D eigenvalue weighted by atomic mass is 9.89. The van der Waals surface area contributed by atoms with Crippen LogP contribution in [0.1, 0.15) is 47.0 Å². The van der Waals surface area contributed by atoms with Gasteiger partial charge < -0.3 is 15.2 Å². The molecule has 11 heteroatoms. The van der Waals surface area contributed by atoms with Gasteiger partial charge in [0.25, 0.3) is 5.91 Å². The summed E-state index contributed by atoms with van der Waals surface area (Å²) in [6.07, 6.45) is 6.16. The molecule has 10 nitrogen and oxygen atoms in total. The van der Waals surface area contributed by atoms with E-state index in [0.29, 0.717) is 18.1 Å². The summed E-state index contributed by atoms with van der Waals surface area (Å²) in [5, 5.41) is 22.6. The van der Waals surface area contributed by atoms with Gasteiger partial charge in [-0.25, -0.2) is 9.78 Å². The normalized spacial score (nSPS) is 14.0. The molecule has 3 N–H and O–H groups in total. The molecule has 36 heavy (non-hydrogen) atoms. The zero-order chi connectivity index (χ0) is 26.1. The molecule has 3 atom stereocenters. The van der Waals surface area contributed by atoms with Crippen LogP contribution in [-0.4, -0.2) is 55.1 Å². The summed E-state index contributed by atoms with van der Waals surface area (Å²) in [5.41, 5.74) is 1.28. The molecule has 2 amide bonds. The number of nitrogens with zero attached hydrogens (tertiary/aromatic N) is 4. The van der Waals surface area contributed by atoms with Crippen molar-refractivity contribution in [2.45, 2.75) is 71.8 Å². The van der Waals surface area contributed by atoms with E-state index in [1.165, 1.54) is 11.3 Å². The van der Waals surface area contributed by atoms with Crippen molar-refractivity contribution in [1.82, 2.24) is 25.1 Å². The molecule has 0 fully saturated rings. The number of aliphatic hydroxyl groups excluding tert-OH is 1. The van der Waals surface area contributed by atoms with Crippen LogP contribution < -0.4 is 10.6 Å². The van der Waals surface area contributed by atoms with Crippen molar-refractivity contribution in [2.24, 2.45) is 5.41 Å². The average Bonchev–Trinajstić information content (AvgIpc) is 3.53. The van der Waals surface area contributed by atoms with Gasteiger partial charge in [0, 0.05) is 41.1 Å². The quantitative estimate of drug-likeness (QED) is 0.351. The van der Waals surface area contributed by atoms with Gasteiger partial charge in [-0.1, -0.05) is 40.5 Å². The van der Waals surface area contributed by atoms with Gasteiger partial charge in [-0.05, 0) is 24.6 Å². The number of thiazole rings is 1. The van der Waals surface area contributed by atoms with Crippen molar-refractivity contribution in [2.75, 3.05) is 5.32 Å². The van der Waals surface area contributed by atoms with E-state index in [4.69, 9.17) is 4.74 Å². The number of hydrogen-bond donors (Lipinski definition) is 3. The lowest BCUT2D eigenvalue weighted by molar-refractivity contribution is -0.125. The van der Waals surface area contributed by atoms with Crippen LogP contribution in [-0.2, 0) is 16.1 Å². The molecule has 0 aliphatic heterocycles. The number of amides is 2. The Morgan fingerprint density at radius 3 is 2.69 bits per heavy atom. The van der Waals surface area contributed by atoms with Crippen LogP contribution in [0.5, 0.6) is 0 Å². The highest BCUT2D eigenvalue weighted by Crippen LogP contribution is 2.25. The second kappa shape index (κ2) is 12.6. The third kappa shape index (κ3) is 7.85.